The first-order valence-electron chi connectivity index (χ1n) is 4.29. The zero-order valence-corrected chi connectivity index (χ0v) is 10.1. The van der Waals surface area contributed by atoms with Crippen LogP contribution < -0.4 is 5.32 Å². The van der Waals surface area contributed by atoms with Gasteiger partial charge in [-0.15, -0.1) is 0 Å². The van der Waals surface area contributed by atoms with Crippen LogP contribution in [0.3, 0.4) is 0 Å². The van der Waals surface area contributed by atoms with Gasteiger partial charge in [0.25, 0.3) is 0 Å². The molecule has 0 bridgehead atoms. The van der Waals surface area contributed by atoms with Gasteiger partial charge in [-0.1, -0.05) is 34.7 Å². The zero-order valence-electron chi connectivity index (χ0n) is 7.92. The number of para-hydroxylation sites is 1. The van der Waals surface area contributed by atoms with E-state index >= 15 is 0 Å². The van der Waals surface area contributed by atoms with E-state index in [0.717, 1.165) is 10.1 Å². The number of benzene rings is 1. The largest absolute Gasteiger partial charge is 0.461 e. The Labute approximate surface area is 97.0 Å². The lowest BCUT2D eigenvalue weighted by Gasteiger charge is -2.07. The highest BCUT2D eigenvalue weighted by Crippen LogP contribution is 2.15. The predicted molar refractivity (Wildman–Crippen MR) is 65.2 cm³/mol. The van der Waals surface area contributed by atoms with Gasteiger partial charge in [-0.2, -0.15) is 0 Å². The third kappa shape index (κ3) is 2.87. The standard InChI is InChI=1S/C10H12INO2/c1-12-9-5-3-2-4-8(9)10(13)14-7-6-11/h2-5,12H,6-7H2,1H3. The van der Waals surface area contributed by atoms with Crippen molar-refractivity contribution in [2.75, 3.05) is 23.4 Å². The third-order valence-electron chi connectivity index (χ3n) is 1.73. The van der Waals surface area contributed by atoms with Crippen LogP contribution in [0.25, 0.3) is 0 Å². The predicted octanol–water partition coefficient (Wildman–Crippen LogP) is 2.32. The molecular formula is C10H12INO2. The number of alkyl halides is 1. The molecule has 1 aromatic rings. The lowest BCUT2D eigenvalue weighted by Crippen LogP contribution is -2.09. The fourth-order valence-corrected chi connectivity index (χ4v) is 1.31. The topological polar surface area (TPSA) is 38.3 Å². The molecule has 4 heteroatoms. The molecule has 3 nitrogen and oxygen atoms in total. The van der Waals surface area contributed by atoms with Crippen LogP contribution >= 0.6 is 22.6 Å². The number of hydrogen-bond donors (Lipinski definition) is 1. The summed E-state index contributed by atoms with van der Waals surface area (Å²) in [5, 5.41) is 2.95. The monoisotopic (exact) mass is 305 g/mol. The van der Waals surface area contributed by atoms with Crippen molar-refractivity contribution in [3.05, 3.63) is 29.8 Å². The molecule has 0 radical (unpaired) electrons. The van der Waals surface area contributed by atoms with E-state index in [9.17, 15) is 4.79 Å². The van der Waals surface area contributed by atoms with Crippen LogP contribution in [0.2, 0.25) is 0 Å². The lowest BCUT2D eigenvalue weighted by molar-refractivity contribution is 0.0534. The summed E-state index contributed by atoms with van der Waals surface area (Å²) < 4.78 is 5.84. The highest BCUT2D eigenvalue weighted by molar-refractivity contribution is 14.1. The Hall–Kier alpha value is -0.780. The summed E-state index contributed by atoms with van der Waals surface area (Å²) in [6.07, 6.45) is 0. The molecule has 0 aromatic heterocycles. The smallest absolute Gasteiger partial charge is 0.340 e. The molecule has 14 heavy (non-hydrogen) atoms. The fraction of sp³-hybridized carbons (Fsp3) is 0.300. The molecule has 1 rings (SSSR count). The molecule has 0 amide bonds. The average Bonchev–Trinajstić information content (AvgIpc) is 2.25. The summed E-state index contributed by atoms with van der Waals surface area (Å²) in [6.45, 7) is 0.456. The van der Waals surface area contributed by atoms with Crippen LogP contribution in [0.15, 0.2) is 24.3 Å². The molecule has 0 saturated heterocycles. The molecular weight excluding hydrogens is 293 g/mol. The minimum atomic E-state index is -0.272. The number of carbonyl (C=O) groups is 1. The normalized spacial score (nSPS) is 9.57. The molecule has 0 unspecified atom stereocenters. The van der Waals surface area contributed by atoms with E-state index in [4.69, 9.17) is 4.74 Å². The summed E-state index contributed by atoms with van der Waals surface area (Å²) in [7, 11) is 1.78. The second-order valence-electron chi connectivity index (χ2n) is 2.62. The molecule has 1 aromatic carbocycles. The van der Waals surface area contributed by atoms with Crippen molar-refractivity contribution < 1.29 is 9.53 Å². The number of anilines is 1. The highest BCUT2D eigenvalue weighted by Gasteiger charge is 2.10. The van der Waals surface area contributed by atoms with E-state index in [1.807, 2.05) is 18.2 Å². The third-order valence-corrected chi connectivity index (χ3v) is 2.17. The van der Waals surface area contributed by atoms with Gasteiger partial charge in [-0.05, 0) is 12.1 Å². The summed E-state index contributed by atoms with van der Waals surface area (Å²) in [4.78, 5) is 11.5. The van der Waals surface area contributed by atoms with Gasteiger partial charge in [0, 0.05) is 17.2 Å². The molecule has 76 valence electrons. The van der Waals surface area contributed by atoms with Gasteiger partial charge in [0.05, 0.1) is 5.56 Å². The van der Waals surface area contributed by atoms with Gasteiger partial charge < -0.3 is 10.1 Å². The van der Waals surface area contributed by atoms with E-state index in [0.29, 0.717) is 12.2 Å². The number of rotatable bonds is 4. The van der Waals surface area contributed by atoms with Crippen LogP contribution in [-0.4, -0.2) is 24.1 Å². The van der Waals surface area contributed by atoms with E-state index in [-0.39, 0.29) is 5.97 Å². The van der Waals surface area contributed by atoms with Crippen molar-refractivity contribution in [3.8, 4) is 0 Å². The molecule has 0 saturated carbocycles. The average molecular weight is 305 g/mol. The minimum Gasteiger partial charge on any atom is -0.461 e. The van der Waals surface area contributed by atoms with Gasteiger partial charge in [0.15, 0.2) is 0 Å². The van der Waals surface area contributed by atoms with Gasteiger partial charge in [-0.3, -0.25) is 0 Å². The second kappa shape index (κ2) is 5.85. The summed E-state index contributed by atoms with van der Waals surface area (Å²) in [5.74, 6) is -0.272. The Kier molecular flexibility index (Phi) is 4.72. The van der Waals surface area contributed by atoms with Gasteiger partial charge in [-0.25, -0.2) is 4.79 Å². The highest BCUT2D eigenvalue weighted by atomic mass is 127. The van der Waals surface area contributed by atoms with E-state index < -0.39 is 0 Å². The molecule has 1 N–H and O–H groups in total. The van der Waals surface area contributed by atoms with Crippen LogP contribution in [0.4, 0.5) is 5.69 Å². The molecule has 0 aliphatic heterocycles. The van der Waals surface area contributed by atoms with Crippen LogP contribution in [-0.2, 0) is 4.74 Å². The maximum Gasteiger partial charge on any atom is 0.340 e. The first-order chi connectivity index (χ1) is 6.79. The maximum atomic E-state index is 11.5. The molecule has 0 atom stereocenters. The summed E-state index contributed by atoms with van der Waals surface area (Å²) in [5.41, 5.74) is 1.38. The Morgan fingerprint density at radius 3 is 2.86 bits per heavy atom. The molecule has 0 aliphatic rings. The van der Waals surface area contributed by atoms with Gasteiger partial charge in [0.1, 0.15) is 6.61 Å². The Balaban J connectivity index is 2.78. The first kappa shape index (κ1) is 11.3. The van der Waals surface area contributed by atoms with Crippen molar-refractivity contribution in [3.63, 3.8) is 0 Å². The maximum absolute atomic E-state index is 11.5. The first-order valence-corrected chi connectivity index (χ1v) is 5.82. The molecule has 0 heterocycles. The summed E-state index contributed by atoms with van der Waals surface area (Å²) >= 11 is 2.17. The van der Waals surface area contributed by atoms with Crippen molar-refractivity contribution >= 4 is 34.2 Å². The van der Waals surface area contributed by atoms with E-state index in [1.54, 1.807) is 13.1 Å². The van der Waals surface area contributed by atoms with Crippen LogP contribution in [0, 0.1) is 0 Å². The Bertz CT molecular complexity index is 315. The SMILES string of the molecule is CNc1ccccc1C(=O)OCCI. The minimum absolute atomic E-state index is 0.272. The number of halogens is 1. The van der Waals surface area contributed by atoms with Gasteiger partial charge in [0.2, 0.25) is 0 Å². The lowest BCUT2D eigenvalue weighted by atomic mass is 10.2. The number of carbonyl (C=O) groups excluding carboxylic acids is 1. The Morgan fingerprint density at radius 2 is 2.21 bits per heavy atom. The molecule has 0 spiro atoms. The molecule has 0 aliphatic carbocycles. The van der Waals surface area contributed by atoms with Crippen molar-refractivity contribution in [2.45, 2.75) is 0 Å². The zero-order chi connectivity index (χ0) is 10.4. The second-order valence-corrected chi connectivity index (χ2v) is 3.70. The Morgan fingerprint density at radius 1 is 1.50 bits per heavy atom. The number of esters is 1. The van der Waals surface area contributed by atoms with Crippen molar-refractivity contribution in [1.82, 2.24) is 0 Å². The van der Waals surface area contributed by atoms with E-state index in [1.165, 1.54) is 0 Å². The molecule has 0 fully saturated rings. The number of hydrogen-bond acceptors (Lipinski definition) is 3. The number of nitrogens with one attached hydrogen (secondary N) is 1. The van der Waals surface area contributed by atoms with Crippen LogP contribution in [0.1, 0.15) is 10.4 Å². The fourth-order valence-electron chi connectivity index (χ4n) is 1.09. The van der Waals surface area contributed by atoms with Crippen LogP contribution in [0.5, 0.6) is 0 Å². The number of ether oxygens (including phenoxy) is 1. The van der Waals surface area contributed by atoms with Gasteiger partial charge >= 0.3 is 5.97 Å². The van der Waals surface area contributed by atoms with Crippen molar-refractivity contribution in [2.24, 2.45) is 0 Å². The quantitative estimate of drug-likeness (QED) is 0.527. The van der Waals surface area contributed by atoms with E-state index in [2.05, 4.69) is 27.9 Å². The summed E-state index contributed by atoms with van der Waals surface area (Å²) in [6, 6.07) is 7.30. The van der Waals surface area contributed by atoms with Crippen molar-refractivity contribution in [1.29, 1.82) is 0 Å².